The number of nitrogens with one attached hydrogen (secondary N) is 2. The Morgan fingerprint density at radius 1 is 1.25 bits per heavy atom. The molecule has 4 N–H and O–H groups in total. The van der Waals surface area contributed by atoms with Crippen LogP contribution in [-0.2, 0) is 11.2 Å². The van der Waals surface area contributed by atoms with E-state index >= 15 is 0 Å². The summed E-state index contributed by atoms with van der Waals surface area (Å²) < 4.78 is 5.17. The van der Waals surface area contributed by atoms with Crippen LogP contribution in [0.5, 0.6) is 5.75 Å². The molecule has 0 spiro atoms. The number of benzene rings is 1. The van der Waals surface area contributed by atoms with Gasteiger partial charge in [0.2, 0.25) is 5.91 Å². The molecule has 0 radical (unpaired) electrons. The molecule has 5 atom stereocenters. The number of amides is 2. The van der Waals surface area contributed by atoms with Gasteiger partial charge in [-0.2, -0.15) is 0 Å². The van der Waals surface area contributed by atoms with Crippen molar-refractivity contribution in [3.05, 3.63) is 40.4 Å². The van der Waals surface area contributed by atoms with E-state index in [2.05, 4.69) is 17.6 Å². The molecule has 0 saturated heterocycles. The molecule has 36 heavy (non-hydrogen) atoms. The first-order chi connectivity index (χ1) is 17.0. The van der Waals surface area contributed by atoms with Crippen LogP contribution in [0.1, 0.15) is 73.8 Å². The molecule has 1 fully saturated rings. The second kappa shape index (κ2) is 10.1. The van der Waals surface area contributed by atoms with Crippen LogP contribution < -0.4 is 15.4 Å². The molecule has 2 aliphatic rings. The largest absolute Gasteiger partial charge is 0.497 e. The molecule has 2 amide bonds. The van der Waals surface area contributed by atoms with Gasteiger partial charge in [0, 0.05) is 34.2 Å². The Morgan fingerprint density at radius 3 is 2.56 bits per heavy atom. The van der Waals surface area contributed by atoms with Gasteiger partial charge in [-0.1, -0.05) is 13.8 Å². The fraction of sp³-hybridized carbons (Fsp3) is 0.593. The highest BCUT2D eigenvalue weighted by Gasteiger charge is 2.59. The Labute approximate surface area is 216 Å². The molecular formula is C27H37N3O5S. The second-order valence-electron chi connectivity index (χ2n) is 11.0. The van der Waals surface area contributed by atoms with E-state index in [1.54, 1.807) is 31.4 Å². The van der Waals surface area contributed by atoms with E-state index in [1.807, 2.05) is 20.8 Å². The molecule has 0 aliphatic heterocycles. The van der Waals surface area contributed by atoms with E-state index in [1.165, 1.54) is 11.3 Å². The van der Waals surface area contributed by atoms with Crippen molar-refractivity contribution < 1.29 is 24.5 Å². The van der Waals surface area contributed by atoms with E-state index in [0.29, 0.717) is 29.3 Å². The first-order valence-corrected chi connectivity index (χ1v) is 13.4. The van der Waals surface area contributed by atoms with Crippen molar-refractivity contribution in [2.24, 2.45) is 16.7 Å². The summed E-state index contributed by atoms with van der Waals surface area (Å²) in [5.41, 5.74) is 0.324. The van der Waals surface area contributed by atoms with Gasteiger partial charge in [-0.25, -0.2) is 4.98 Å². The van der Waals surface area contributed by atoms with Gasteiger partial charge in [0.15, 0.2) is 5.13 Å². The predicted molar refractivity (Wildman–Crippen MR) is 139 cm³/mol. The quantitative estimate of drug-likeness (QED) is 0.446. The zero-order valence-corrected chi connectivity index (χ0v) is 22.4. The smallest absolute Gasteiger partial charge is 0.257 e. The monoisotopic (exact) mass is 515 g/mol. The third kappa shape index (κ3) is 4.76. The minimum Gasteiger partial charge on any atom is -0.497 e. The van der Waals surface area contributed by atoms with Gasteiger partial charge in [-0.15, -0.1) is 11.3 Å². The van der Waals surface area contributed by atoms with E-state index in [4.69, 9.17) is 9.72 Å². The Kier molecular flexibility index (Phi) is 7.46. The van der Waals surface area contributed by atoms with Gasteiger partial charge in [-0.3, -0.25) is 14.9 Å². The van der Waals surface area contributed by atoms with Crippen molar-refractivity contribution in [3.63, 3.8) is 0 Å². The van der Waals surface area contributed by atoms with Gasteiger partial charge in [0.1, 0.15) is 5.75 Å². The molecule has 1 aromatic carbocycles. The Morgan fingerprint density at radius 2 is 1.94 bits per heavy atom. The SMILES string of the molecule is COc1ccc(C(=O)Nc2nc3c(s2)C[C@@H]2[C@](C)(CO)[C@H](O)CC[C@@]2(C)[C@@H]3CC(=O)NC(C)C)cc1. The average molecular weight is 516 g/mol. The van der Waals surface area contributed by atoms with Gasteiger partial charge in [0.05, 0.1) is 25.5 Å². The van der Waals surface area contributed by atoms with Crippen molar-refractivity contribution in [1.82, 2.24) is 10.3 Å². The molecule has 1 aromatic heterocycles. The molecule has 1 heterocycles. The van der Waals surface area contributed by atoms with Crippen molar-refractivity contribution >= 4 is 28.3 Å². The number of carbonyl (C=O) groups excluding carboxylic acids is 2. The highest BCUT2D eigenvalue weighted by atomic mass is 32.1. The molecule has 9 heteroatoms. The molecule has 1 saturated carbocycles. The number of nitrogens with zero attached hydrogens (tertiary/aromatic N) is 1. The van der Waals surface area contributed by atoms with Crippen LogP contribution in [0.3, 0.4) is 0 Å². The summed E-state index contributed by atoms with van der Waals surface area (Å²) in [4.78, 5) is 31.7. The number of anilines is 1. The lowest BCUT2D eigenvalue weighted by molar-refractivity contribution is -0.144. The minimum absolute atomic E-state index is 0.0230. The van der Waals surface area contributed by atoms with Crippen LogP contribution >= 0.6 is 11.3 Å². The number of aromatic nitrogens is 1. The number of hydrogen-bond donors (Lipinski definition) is 4. The highest BCUT2D eigenvalue weighted by Crippen LogP contribution is 2.62. The maximum absolute atomic E-state index is 13.0. The Balaban J connectivity index is 1.69. The fourth-order valence-electron chi connectivity index (χ4n) is 6.18. The lowest BCUT2D eigenvalue weighted by Gasteiger charge is -2.58. The van der Waals surface area contributed by atoms with Crippen molar-refractivity contribution in [2.75, 3.05) is 19.0 Å². The first kappa shape index (κ1) is 26.6. The van der Waals surface area contributed by atoms with Gasteiger partial charge in [0.25, 0.3) is 5.91 Å². The molecule has 2 aliphatic carbocycles. The van der Waals surface area contributed by atoms with E-state index in [-0.39, 0.29) is 48.1 Å². The third-order valence-corrected chi connectivity index (χ3v) is 9.31. The Bertz CT molecular complexity index is 1120. The summed E-state index contributed by atoms with van der Waals surface area (Å²) in [5.74, 6) is 0.136. The molecular weight excluding hydrogens is 478 g/mol. The molecule has 0 bridgehead atoms. The second-order valence-corrected chi connectivity index (χ2v) is 12.1. The summed E-state index contributed by atoms with van der Waals surface area (Å²) in [5, 5.41) is 27.7. The zero-order chi connectivity index (χ0) is 26.3. The van der Waals surface area contributed by atoms with Crippen LogP contribution in [0.2, 0.25) is 0 Å². The number of aliphatic hydroxyl groups excluding tert-OH is 2. The van der Waals surface area contributed by atoms with Crippen molar-refractivity contribution in [3.8, 4) is 5.75 Å². The molecule has 0 unspecified atom stereocenters. The molecule has 8 nitrogen and oxygen atoms in total. The Hall–Kier alpha value is -2.49. The number of carbonyl (C=O) groups is 2. The number of fused-ring (bicyclic) bond motifs is 2. The number of aliphatic hydroxyl groups is 2. The van der Waals surface area contributed by atoms with Crippen molar-refractivity contribution in [1.29, 1.82) is 0 Å². The predicted octanol–water partition coefficient (Wildman–Crippen LogP) is 3.73. The normalized spacial score (nSPS) is 29.3. The lowest BCUT2D eigenvalue weighted by Crippen LogP contribution is -2.57. The first-order valence-electron chi connectivity index (χ1n) is 12.5. The number of ether oxygens (including phenoxy) is 1. The van der Waals surface area contributed by atoms with Crippen LogP contribution in [0.25, 0.3) is 0 Å². The lowest BCUT2D eigenvalue weighted by atomic mass is 9.47. The summed E-state index contributed by atoms with van der Waals surface area (Å²) >= 11 is 1.41. The van der Waals surface area contributed by atoms with Crippen LogP contribution in [0.15, 0.2) is 24.3 Å². The average Bonchev–Trinajstić information content (AvgIpc) is 3.24. The molecule has 2 aromatic rings. The summed E-state index contributed by atoms with van der Waals surface area (Å²) in [6, 6.07) is 6.89. The standard InChI is InChI=1S/C27H37N3O5S/c1-15(2)28-22(33)12-18-23-19(13-20-26(18,3)11-10-21(32)27(20,4)14-31)36-25(29-23)30-24(34)16-6-8-17(35-5)9-7-16/h6-9,15,18,20-21,31-32H,10-14H2,1-5H3,(H,28,33)(H,29,30,34)/t18-,20+,21-,26+,27+/m1/s1. The van der Waals surface area contributed by atoms with Gasteiger partial charge < -0.3 is 20.3 Å². The van der Waals surface area contributed by atoms with E-state index in [9.17, 15) is 19.8 Å². The zero-order valence-electron chi connectivity index (χ0n) is 21.6. The summed E-state index contributed by atoms with van der Waals surface area (Å²) in [6.45, 7) is 7.86. The summed E-state index contributed by atoms with van der Waals surface area (Å²) in [7, 11) is 1.58. The number of methoxy groups -OCH3 is 1. The van der Waals surface area contributed by atoms with E-state index < -0.39 is 11.5 Å². The fourth-order valence-corrected chi connectivity index (χ4v) is 7.24. The highest BCUT2D eigenvalue weighted by molar-refractivity contribution is 7.15. The van der Waals surface area contributed by atoms with Crippen LogP contribution in [0, 0.1) is 16.7 Å². The van der Waals surface area contributed by atoms with Gasteiger partial charge in [-0.05, 0) is 68.7 Å². The maximum atomic E-state index is 13.0. The molecule has 196 valence electrons. The topological polar surface area (TPSA) is 121 Å². The maximum Gasteiger partial charge on any atom is 0.257 e. The third-order valence-electron chi connectivity index (χ3n) is 8.31. The minimum atomic E-state index is -0.687. The van der Waals surface area contributed by atoms with Crippen LogP contribution in [0.4, 0.5) is 5.13 Å². The number of thiazole rings is 1. The molecule has 4 rings (SSSR count). The van der Waals surface area contributed by atoms with E-state index in [0.717, 1.165) is 17.0 Å². The van der Waals surface area contributed by atoms with Crippen molar-refractivity contribution in [2.45, 2.75) is 71.4 Å². The number of rotatable bonds is 7. The van der Waals surface area contributed by atoms with Crippen LogP contribution in [-0.4, -0.2) is 52.9 Å². The van der Waals surface area contributed by atoms with Gasteiger partial charge >= 0.3 is 0 Å². The number of hydrogen-bond acceptors (Lipinski definition) is 7. The summed E-state index contributed by atoms with van der Waals surface area (Å²) in [6.07, 6.45) is 1.59.